The molecule has 4 nitrogen and oxygen atoms in total. The van der Waals surface area contributed by atoms with E-state index in [-0.39, 0.29) is 23.3 Å². The normalized spacial score (nSPS) is 36.3. The number of thiophene rings is 1. The molecule has 4 bridgehead atoms. The molecule has 5 fully saturated rings. The van der Waals surface area contributed by atoms with Gasteiger partial charge in [-0.1, -0.05) is 6.07 Å². The fourth-order valence-corrected chi connectivity index (χ4v) is 7.22. The van der Waals surface area contributed by atoms with Gasteiger partial charge < -0.3 is 10.2 Å². The fourth-order valence-electron chi connectivity index (χ4n) is 6.53. The first kappa shape index (κ1) is 16.8. The molecule has 0 atom stereocenters. The molecule has 1 N–H and O–H groups in total. The quantitative estimate of drug-likeness (QED) is 0.880. The monoisotopic (exact) mass is 372 g/mol. The van der Waals surface area contributed by atoms with Crippen LogP contribution in [0.3, 0.4) is 0 Å². The molecule has 1 aliphatic heterocycles. The second-order valence-electron chi connectivity index (χ2n) is 9.23. The van der Waals surface area contributed by atoms with Gasteiger partial charge in [-0.15, -0.1) is 11.3 Å². The Morgan fingerprint density at radius 1 is 1.04 bits per heavy atom. The van der Waals surface area contributed by atoms with Gasteiger partial charge in [-0.2, -0.15) is 0 Å². The van der Waals surface area contributed by atoms with Crippen molar-refractivity contribution < 1.29 is 9.59 Å². The van der Waals surface area contributed by atoms with E-state index in [1.165, 1.54) is 49.9 Å². The van der Waals surface area contributed by atoms with Gasteiger partial charge in [0.05, 0.1) is 4.88 Å². The third kappa shape index (κ3) is 2.98. The highest BCUT2D eigenvalue weighted by molar-refractivity contribution is 7.12. The smallest absolute Gasteiger partial charge is 0.263 e. The van der Waals surface area contributed by atoms with Gasteiger partial charge in [0, 0.05) is 24.5 Å². The molecule has 4 aliphatic carbocycles. The third-order valence-corrected chi connectivity index (χ3v) is 8.17. The van der Waals surface area contributed by atoms with Crippen molar-refractivity contribution in [1.82, 2.24) is 10.2 Å². The van der Waals surface area contributed by atoms with E-state index in [0.29, 0.717) is 13.1 Å². The molecule has 0 aromatic carbocycles. The maximum atomic E-state index is 13.0. The Balaban J connectivity index is 1.18. The molecule has 1 aromatic heterocycles. The third-order valence-electron chi connectivity index (χ3n) is 7.31. The van der Waals surface area contributed by atoms with Gasteiger partial charge in [0.2, 0.25) is 5.91 Å². The molecule has 1 saturated heterocycles. The van der Waals surface area contributed by atoms with Crippen LogP contribution >= 0.6 is 11.3 Å². The first-order chi connectivity index (χ1) is 12.6. The largest absolute Gasteiger partial charge is 0.350 e. The number of hydrogen-bond donors (Lipinski definition) is 1. The zero-order valence-corrected chi connectivity index (χ0v) is 16.1. The molecular formula is C21H28N2O2S. The van der Waals surface area contributed by atoms with Crippen molar-refractivity contribution in [3.05, 3.63) is 22.4 Å². The Morgan fingerprint density at radius 2 is 1.65 bits per heavy atom. The Kier molecular flexibility index (Phi) is 4.11. The number of carbonyl (C=O) groups excluding carboxylic acids is 2. The standard InChI is InChI=1S/C21H28N2O2S/c24-19(22-21-11-14-8-15(12-21)10-16(9-14)13-21)17-3-5-23(6-4-17)20(25)18-2-1-7-26-18/h1-2,7,14-17H,3-6,8-13H2,(H,22,24). The van der Waals surface area contributed by atoms with Crippen molar-refractivity contribution in [3.63, 3.8) is 0 Å². The summed E-state index contributed by atoms with van der Waals surface area (Å²) in [5, 5.41) is 5.47. The SMILES string of the molecule is O=C(NC12CC3CC(CC(C3)C1)C2)C1CCN(C(=O)c2cccs2)CC1. The Bertz CT molecular complexity index is 656. The number of carbonyl (C=O) groups is 2. The summed E-state index contributed by atoms with van der Waals surface area (Å²) in [5.41, 5.74) is 0.107. The van der Waals surface area contributed by atoms with E-state index in [1.54, 1.807) is 0 Å². The van der Waals surface area contributed by atoms with E-state index in [4.69, 9.17) is 0 Å². The first-order valence-electron chi connectivity index (χ1n) is 10.2. The molecule has 0 spiro atoms. The van der Waals surface area contributed by atoms with Crippen molar-refractivity contribution in [2.45, 2.75) is 56.9 Å². The van der Waals surface area contributed by atoms with Gasteiger partial charge in [0.25, 0.3) is 5.91 Å². The van der Waals surface area contributed by atoms with E-state index in [0.717, 1.165) is 35.5 Å². The van der Waals surface area contributed by atoms with Crippen molar-refractivity contribution >= 4 is 23.2 Å². The van der Waals surface area contributed by atoms with E-state index >= 15 is 0 Å². The lowest BCUT2D eigenvalue weighted by molar-refractivity contribution is -0.132. The van der Waals surface area contributed by atoms with Gasteiger partial charge in [-0.3, -0.25) is 9.59 Å². The number of hydrogen-bond acceptors (Lipinski definition) is 3. The van der Waals surface area contributed by atoms with Gasteiger partial charge >= 0.3 is 0 Å². The van der Waals surface area contributed by atoms with Crippen molar-refractivity contribution in [1.29, 1.82) is 0 Å². The Labute approximate surface area is 159 Å². The van der Waals surface area contributed by atoms with Gasteiger partial charge in [-0.05, 0) is 80.6 Å². The lowest BCUT2D eigenvalue weighted by Crippen LogP contribution is -2.61. The van der Waals surface area contributed by atoms with Gasteiger partial charge in [-0.25, -0.2) is 0 Å². The molecule has 4 saturated carbocycles. The highest BCUT2D eigenvalue weighted by Gasteiger charge is 2.51. The van der Waals surface area contributed by atoms with Crippen molar-refractivity contribution in [2.24, 2.45) is 23.7 Å². The zero-order valence-electron chi connectivity index (χ0n) is 15.3. The molecule has 26 heavy (non-hydrogen) atoms. The summed E-state index contributed by atoms with van der Waals surface area (Å²) in [7, 11) is 0. The molecule has 0 unspecified atom stereocenters. The number of nitrogens with zero attached hydrogens (tertiary/aromatic N) is 1. The minimum absolute atomic E-state index is 0.0791. The first-order valence-corrected chi connectivity index (χ1v) is 11.1. The highest BCUT2D eigenvalue weighted by Crippen LogP contribution is 2.55. The van der Waals surface area contributed by atoms with Crippen LogP contribution in [0, 0.1) is 23.7 Å². The summed E-state index contributed by atoms with van der Waals surface area (Å²) in [5.74, 6) is 3.02. The molecule has 1 aromatic rings. The molecule has 6 rings (SSSR count). The molecule has 0 radical (unpaired) electrons. The van der Waals surface area contributed by atoms with Crippen LogP contribution in [0.4, 0.5) is 0 Å². The number of amides is 2. The molecule has 2 heterocycles. The minimum Gasteiger partial charge on any atom is -0.350 e. The second-order valence-corrected chi connectivity index (χ2v) is 10.2. The maximum absolute atomic E-state index is 13.0. The summed E-state index contributed by atoms with van der Waals surface area (Å²) in [6.45, 7) is 1.41. The fraction of sp³-hybridized carbons (Fsp3) is 0.714. The van der Waals surface area contributed by atoms with E-state index < -0.39 is 0 Å². The second kappa shape index (κ2) is 6.36. The van der Waals surface area contributed by atoms with Crippen LogP contribution in [0.1, 0.15) is 61.0 Å². The maximum Gasteiger partial charge on any atom is 0.263 e. The molecular weight excluding hydrogens is 344 g/mol. The molecule has 5 heteroatoms. The average molecular weight is 373 g/mol. The number of likely N-dealkylation sites (tertiary alicyclic amines) is 1. The number of rotatable bonds is 3. The van der Waals surface area contributed by atoms with E-state index in [1.807, 2.05) is 22.4 Å². The number of nitrogens with one attached hydrogen (secondary N) is 1. The summed E-state index contributed by atoms with van der Waals surface area (Å²) < 4.78 is 0. The predicted octanol–water partition coefficient (Wildman–Crippen LogP) is 3.69. The van der Waals surface area contributed by atoms with Crippen molar-refractivity contribution in [3.8, 4) is 0 Å². The van der Waals surface area contributed by atoms with E-state index in [2.05, 4.69) is 5.32 Å². The Morgan fingerprint density at radius 3 is 2.19 bits per heavy atom. The lowest BCUT2D eigenvalue weighted by atomic mass is 9.53. The molecule has 5 aliphatic rings. The summed E-state index contributed by atoms with van der Waals surface area (Å²) in [4.78, 5) is 28.2. The van der Waals surface area contributed by atoms with Gasteiger partial charge in [0.1, 0.15) is 0 Å². The molecule has 2 amide bonds. The van der Waals surface area contributed by atoms with Gasteiger partial charge in [0.15, 0.2) is 0 Å². The summed E-state index contributed by atoms with van der Waals surface area (Å²) >= 11 is 1.50. The van der Waals surface area contributed by atoms with E-state index in [9.17, 15) is 9.59 Å². The summed E-state index contributed by atoms with van der Waals surface area (Å²) in [6, 6.07) is 3.81. The van der Waals surface area contributed by atoms with Crippen molar-refractivity contribution in [2.75, 3.05) is 13.1 Å². The van der Waals surface area contributed by atoms with Crippen LogP contribution in [0.25, 0.3) is 0 Å². The zero-order chi connectivity index (χ0) is 17.7. The average Bonchev–Trinajstić information content (AvgIpc) is 3.14. The van der Waals surface area contributed by atoms with Crippen LogP contribution in [-0.4, -0.2) is 35.3 Å². The highest BCUT2D eigenvalue weighted by atomic mass is 32.1. The minimum atomic E-state index is 0.0791. The summed E-state index contributed by atoms with van der Waals surface area (Å²) in [6.07, 6.45) is 9.43. The van der Waals surface area contributed by atoms with Crippen LogP contribution in [0.2, 0.25) is 0 Å². The Hall–Kier alpha value is -1.36. The molecule has 140 valence electrons. The number of piperidine rings is 1. The van der Waals surface area contributed by atoms with Crippen LogP contribution in [0.5, 0.6) is 0 Å². The predicted molar refractivity (Wildman–Crippen MR) is 102 cm³/mol. The lowest BCUT2D eigenvalue weighted by Gasteiger charge is -2.57. The topological polar surface area (TPSA) is 49.4 Å². The van der Waals surface area contributed by atoms with Crippen LogP contribution in [-0.2, 0) is 4.79 Å². The van der Waals surface area contributed by atoms with Crippen LogP contribution in [0.15, 0.2) is 17.5 Å². The van der Waals surface area contributed by atoms with Crippen LogP contribution < -0.4 is 5.32 Å².